The Bertz CT molecular complexity index is 517. The van der Waals surface area contributed by atoms with Gasteiger partial charge in [-0.1, -0.05) is 6.92 Å². The molecule has 0 aliphatic rings. The van der Waals surface area contributed by atoms with Gasteiger partial charge in [0.05, 0.1) is 32.0 Å². The van der Waals surface area contributed by atoms with Gasteiger partial charge in [-0.25, -0.2) is 0 Å². The minimum absolute atomic E-state index is 0.113. The number of ether oxygens (including phenoxy) is 2. The number of anilines is 1. The second kappa shape index (κ2) is 7.98. The van der Waals surface area contributed by atoms with Gasteiger partial charge < -0.3 is 25.8 Å². The largest absolute Gasteiger partial charge is 0.497 e. The number of carbonyl (C=O) groups excluding carboxylic acids is 2. The van der Waals surface area contributed by atoms with Crippen LogP contribution < -0.4 is 25.8 Å². The molecule has 0 aliphatic carbocycles. The van der Waals surface area contributed by atoms with E-state index in [0.717, 1.165) is 6.42 Å². The molecule has 4 N–H and O–H groups in total. The molecular formula is C14H21N3O4. The first-order chi connectivity index (χ1) is 10.0. The average Bonchev–Trinajstić information content (AvgIpc) is 2.50. The highest BCUT2D eigenvalue weighted by Crippen LogP contribution is 2.30. The number of rotatable bonds is 7. The van der Waals surface area contributed by atoms with Crippen LogP contribution in [-0.2, 0) is 4.79 Å². The number of nitrogens with two attached hydrogens (primary N) is 1. The van der Waals surface area contributed by atoms with E-state index < -0.39 is 5.91 Å². The van der Waals surface area contributed by atoms with E-state index in [4.69, 9.17) is 15.2 Å². The van der Waals surface area contributed by atoms with Crippen molar-refractivity contribution in [1.82, 2.24) is 10.6 Å². The summed E-state index contributed by atoms with van der Waals surface area (Å²) in [5.74, 6) is 0.0755. The minimum atomic E-state index is -0.462. The molecule has 0 atom stereocenters. The summed E-state index contributed by atoms with van der Waals surface area (Å²) in [7, 11) is 2.93. The first-order valence-corrected chi connectivity index (χ1v) is 6.59. The third kappa shape index (κ3) is 4.55. The maximum absolute atomic E-state index is 12.1. The summed E-state index contributed by atoms with van der Waals surface area (Å²) in [5, 5.41) is 5.17. The predicted octanol–water partition coefficient (Wildman–Crippen LogP) is 0.542. The van der Waals surface area contributed by atoms with E-state index in [-0.39, 0.29) is 23.7 Å². The van der Waals surface area contributed by atoms with Crippen LogP contribution in [0.3, 0.4) is 0 Å². The van der Waals surface area contributed by atoms with Crippen molar-refractivity contribution in [3.05, 3.63) is 17.7 Å². The van der Waals surface area contributed by atoms with Crippen molar-refractivity contribution >= 4 is 17.5 Å². The molecule has 0 aromatic heterocycles. The van der Waals surface area contributed by atoms with Crippen LogP contribution in [0.5, 0.6) is 11.5 Å². The van der Waals surface area contributed by atoms with Crippen LogP contribution in [0.15, 0.2) is 12.1 Å². The number of carbonyl (C=O) groups is 2. The molecule has 116 valence electrons. The highest BCUT2D eigenvalue weighted by molar-refractivity contribution is 6.02. The highest BCUT2D eigenvalue weighted by Gasteiger charge is 2.16. The zero-order valence-corrected chi connectivity index (χ0v) is 12.5. The van der Waals surface area contributed by atoms with Crippen molar-refractivity contribution in [2.75, 3.05) is 33.0 Å². The molecule has 0 fully saturated rings. The van der Waals surface area contributed by atoms with Crippen molar-refractivity contribution in [1.29, 1.82) is 0 Å². The summed E-state index contributed by atoms with van der Waals surface area (Å²) < 4.78 is 10.2. The normalized spacial score (nSPS) is 9.86. The van der Waals surface area contributed by atoms with Crippen molar-refractivity contribution in [3.63, 3.8) is 0 Å². The summed E-state index contributed by atoms with van der Waals surface area (Å²) in [6.07, 6.45) is 0.833. The van der Waals surface area contributed by atoms with Crippen LogP contribution in [-0.4, -0.2) is 39.1 Å². The second-order valence-electron chi connectivity index (χ2n) is 4.32. The van der Waals surface area contributed by atoms with Crippen LogP contribution in [0.2, 0.25) is 0 Å². The van der Waals surface area contributed by atoms with Gasteiger partial charge in [-0.15, -0.1) is 0 Å². The van der Waals surface area contributed by atoms with Gasteiger partial charge in [-0.3, -0.25) is 9.59 Å². The van der Waals surface area contributed by atoms with Crippen molar-refractivity contribution in [2.24, 2.45) is 0 Å². The van der Waals surface area contributed by atoms with E-state index >= 15 is 0 Å². The second-order valence-corrected chi connectivity index (χ2v) is 4.32. The maximum Gasteiger partial charge on any atom is 0.254 e. The van der Waals surface area contributed by atoms with Gasteiger partial charge in [0.1, 0.15) is 11.5 Å². The lowest BCUT2D eigenvalue weighted by molar-refractivity contribution is -0.120. The molecule has 0 bridgehead atoms. The quantitative estimate of drug-likeness (QED) is 0.637. The molecule has 0 saturated carbocycles. The fraction of sp³-hybridized carbons (Fsp3) is 0.429. The monoisotopic (exact) mass is 295 g/mol. The molecule has 7 nitrogen and oxygen atoms in total. The first kappa shape index (κ1) is 16.6. The summed E-state index contributed by atoms with van der Waals surface area (Å²) in [6.45, 7) is 2.41. The molecule has 1 aromatic carbocycles. The number of amides is 2. The Morgan fingerprint density at radius 2 is 1.90 bits per heavy atom. The Morgan fingerprint density at radius 1 is 1.19 bits per heavy atom. The number of hydrogen-bond donors (Lipinski definition) is 3. The minimum Gasteiger partial charge on any atom is -0.497 e. The van der Waals surface area contributed by atoms with Gasteiger partial charge in [-0.05, 0) is 12.5 Å². The summed E-state index contributed by atoms with van der Waals surface area (Å²) in [4.78, 5) is 23.6. The Balaban J connectivity index is 2.80. The first-order valence-electron chi connectivity index (χ1n) is 6.59. The summed E-state index contributed by atoms with van der Waals surface area (Å²) in [5.41, 5.74) is 6.27. The van der Waals surface area contributed by atoms with Gasteiger partial charge in [0.2, 0.25) is 5.91 Å². The molecule has 0 saturated heterocycles. The van der Waals surface area contributed by atoms with Crippen LogP contribution in [0.4, 0.5) is 5.69 Å². The molecule has 1 aromatic rings. The number of methoxy groups -OCH3 is 2. The predicted molar refractivity (Wildman–Crippen MR) is 79.6 cm³/mol. The number of benzene rings is 1. The zero-order valence-electron chi connectivity index (χ0n) is 12.5. The molecular weight excluding hydrogens is 274 g/mol. The lowest BCUT2D eigenvalue weighted by Crippen LogP contribution is -2.37. The summed E-state index contributed by atoms with van der Waals surface area (Å²) in [6, 6.07) is 3.08. The van der Waals surface area contributed by atoms with Crippen LogP contribution in [0.1, 0.15) is 23.7 Å². The van der Waals surface area contributed by atoms with E-state index in [1.54, 1.807) is 6.07 Å². The van der Waals surface area contributed by atoms with Crippen molar-refractivity contribution in [2.45, 2.75) is 13.3 Å². The maximum atomic E-state index is 12.1. The lowest BCUT2D eigenvalue weighted by atomic mass is 10.1. The molecule has 7 heteroatoms. The zero-order chi connectivity index (χ0) is 15.8. The molecule has 2 amide bonds. The van der Waals surface area contributed by atoms with E-state index in [9.17, 15) is 9.59 Å². The fourth-order valence-corrected chi connectivity index (χ4v) is 1.66. The fourth-order valence-electron chi connectivity index (χ4n) is 1.66. The van der Waals surface area contributed by atoms with E-state index in [2.05, 4.69) is 10.6 Å². The molecule has 21 heavy (non-hydrogen) atoms. The molecule has 0 heterocycles. The van der Waals surface area contributed by atoms with E-state index in [1.807, 2.05) is 6.92 Å². The molecule has 0 radical (unpaired) electrons. The van der Waals surface area contributed by atoms with Crippen LogP contribution >= 0.6 is 0 Å². The van der Waals surface area contributed by atoms with Gasteiger partial charge in [-0.2, -0.15) is 0 Å². The van der Waals surface area contributed by atoms with E-state index in [1.165, 1.54) is 20.3 Å². The van der Waals surface area contributed by atoms with Gasteiger partial charge in [0.15, 0.2) is 0 Å². The van der Waals surface area contributed by atoms with Crippen LogP contribution in [0.25, 0.3) is 0 Å². The Morgan fingerprint density at radius 3 is 2.48 bits per heavy atom. The smallest absolute Gasteiger partial charge is 0.254 e. The molecule has 1 rings (SSSR count). The number of nitrogens with one attached hydrogen (secondary N) is 2. The van der Waals surface area contributed by atoms with Gasteiger partial charge >= 0.3 is 0 Å². The average molecular weight is 295 g/mol. The topological polar surface area (TPSA) is 103 Å². The highest BCUT2D eigenvalue weighted by atomic mass is 16.5. The molecule has 0 spiro atoms. The van der Waals surface area contributed by atoms with Crippen molar-refractivity contribution in [3.8, 4) is 11.5 Å². The Kier molecular flexibility index (Phi) is 6.32. The van der Waals surface area contributed by atoms with Gasteiger partial charge in [0, 0.05) is 12.6 Å². The number of hydrogen-bond acceptors (Lipinski definition) is 5. The Labute approximate surface area is 123 Å². The van der Waals surface area contributed by atoms with Crippen molar-refractivity contribution < 1.29 is 19.1 Å². The van der Waals surface area contributed by atoms with Crippen LogP contribution in [0, 0.1) is 0 Å². The van der Waals surface area contributed by atoms with Gasteiger partial charge in [0.25, 0.3) is 5.91 Å². The SMILES string of the molecule is CCCNC(=O)CNC(=O)c1cc(OC)cc(OC)c1N. The van der Waals surface area contributed by atoms with E-state index in [0.29, 0.717) is 18.0 Å². The molecule has 0 unspecified atom stereocenters. The third-order valence-electron chi connectivity index (χ3n) is 2.80. The standard InChI is InChI=1S/C14H21N3O4/c1-4-5-16-12(18)8-17-14(19)10-6-9(20-2)7-11(21-3)13(10)15/h6-7H,4-5,8,15H2,1-3H3,(H,16,18)(H,17,19). The number of nitrogen functional groups attached to an aromatic ring is 1. The summed E-state index contributed by atoms with van der Waals surface area (Å²) >= 11 is 0. The lowest BCUT2D eigenvalue weighted by Gasteiger charge is -2.12. The Hall–Kier alpha value is -2.44. The molecule has 0 aliphatic heterocycles. The third-order valence-corrected chi connectivity index (χ3v) is 2.80.